The molecule has 2 rings (SSSR count). The van der Waals surface area contributed by atoms with Gasteiger partial charge in [0.25, 0.3) is 0 Å². The molecule has 0 fully saturated rings. The summed E-state index contributed by atoms with van der Waals surface area (Å²) in [6.45, 7) is 0.108. The molecular formula is C9H10N2O3S. The summed E-state index contributed by atoms with van der Waals surface area (Å²) >= 11 is 0. The van der Waals surface area contributed by atoms with Gasteiger partial charge >= 0.3 is 0 Å². The summed E-state index contributed by atoms with van der Waals surface area (Å²) in [5, 5.41) is 0. The van der Waals surface area contributed by atoms with Gasteiger partial charge in [-0.2, -0.15) is 0 Å². The molecule has 0 saturated carbocycles. The number of benzene rings is 1. The molecule has 1 aromatic carbocycles. The largest absolute Gasteiger partial charge is 0.443 e. The van der Waals surface area contributed by atoms with Crippen molar-refractivity contribution in [3.05, 3.63) is 24.6 Å². The van der Waals surface area contributed by atoms with E-state index in [4.69, 9.17) is 10.2 Å². The van der Waals surface area contributed by atoms with Gasteiger partial charge in [-0.1, -0.05) is 0 Å². The molecule has 0 amide bonds. The fourth-order valence-corrected chi connectivity index (χ4v) is 2.41. The van der Waals surface area contributed by atoms with Gasteiger partial charge in [0.05, 0.1) is 10.6 Å². The Balaban J connectivity index is 2.52. The van der Waals surface area contributed by atoms with Crippen molar-refractivity contribution in [2.75, 3.05) is 12.3 Å². The maximum Gasteiger partial charge on any atom is 0.181 e. The maximum atomic E-state index is 11.7. The summed E-state index contributed by atoms with van der Waals surface area (Å²) in [4.78, 5) is 4.12. The molecule has 0 saturated heterocycles. The van der Waals surface area contributed by atoms with Crippen LogP contribution in [0.2, 0.25) is 0 Å². The second-order valence-electron chi connectivity index (χ2n) is 3.09. The number of rotatable bonds is 3. The van der Waals surface area contributed by atoms with Crippen LogP contribution in [0.1, 0.15) is 0 Å². The lowest BCUT2D eigenvalue weighted by atomic mass is 10.3. The first kappa shape index (κ1) is 10.1. The van der Waals surface area contributed by atoms with E-state index in [1.165, 1.54) is 18.5 Å². The number of aromatic nitrogens is 1. The van der Waals surface area contributed by atoms with Gasteiger partial charge in [-0.3, -0.25) is 0 Å². The molecule has 0 spiro atoms. The molecule has 1 heterocycles. The second-order valence-corrected chi connectivity index (χ2v) is 5.20. The molecule has 0 aliphatic heterocycles. The van der Waals surface area contributed by atoms with Gasteiger partial charge in [-0.05, 0) is 12.1 Å². The zero-order valence-electron chi connectivity index (χ0n) is 7.88. The quantitative estimate of drug-likeness (QED) is 0.826. The van der Waals surface area contributed by atoms with E-state index in [0.29, 0.717) is 11.1 Å². The molecular weight excluding hydrogens is 216 g/mol. The second kappa shape index (κ2) is 3.63. The van der Waals surface area contributed by atoms with Gasteiger partial charge in [0.1, 0.15) is 5.52 Å². The molecule has 2 N–H and O–H groups in total. The highest BCUT2D eigenvalue weighted by Crippen LogP contribution is 2.18. The average molecular weight is 226 g/mol. The fourth-order valence-electron chi connectivity index (χ4n) is 1.30. The minimum absolute atomic E-state index is 0.0629. The Kier molecular flexibility index (Phi) is 2.45. The van der Waals surface area contributed by atoms with Crippen LogP contribution in [-0.4, -0.2) is 25.7 Å². The van der Waals surface area contributed by atoms with Crippen LogP contribution in [0, 0.1) is 0 Å². The van der Waals surface area contributed by atoms with Crippen LogP contribution in [0.4, 0.5) is 0 Å². The summed E-state index contributed by atoms with van der Waals surface area (Å²) in [5.74, 6) is -0.0629. The first-order valence-electron chi connectivity index (χ1n) is 4.39. The van der Waals surface area contributed by atoms with Gasteiger partial charge in [0, 0.05) is 12.6 Å². The summed E-state index contributed by atoms with van der Waals surface area (Å²) < 4.78 is 28.3. The zero-order chi connectivity index (χ0) is 10.9. The summed E-state index contributed by atoms with van der Waals surface area (Å²) in [7, 11) is -3.29. The van der Waals surface area contributed by atoms with E-state index < -0.39 is 9.84 Å². The van der Waals surface area contributed by atoms with Crippen LogP contribution in [-0.2, 0) is 9.84 Å². The highest BCUT2D eigenvalue weighted by Gasteiger charge is 2.14. The molecule has 15 heavy (non-hydrogen) atoms. The van der Waals surface area contributed by atoms with E-state index in [1.54, 1.807) is 6.07 Å². The first-order valence-corrected chi connectivity index (χ1v) is 6.05. The van der Waals surface area contributed by atoms with Crippen LogP contribution in [0.15, 0.2) is 33.9 Å². The highest BCUT2D eigenvalue weighted by molar-refractivity contribution is 7.91. The number of hydrogen-bond donors (Lipinski definition) is 1. The van der Waals surface area contributed by atoms with Crippen LogP contribution in [0.5, 0.6) is 0 Å². The molecule has 2 aromatic rings. The normalized spacial score (nSPS) is 12.1. The summed E-state index contributed by atoms with van der Waals surface area (Å²) in [5.41, 5.74) is 6.34. The SMILES string of the molecule is NCCS(=O)(=O)c1ccc2ncoc2c1. The molecule has 0 aliphatic rings. The number of nitrogens with two attached hydrogens (primary N) is 1. The summed E-state index contributed by atoms with van der Waals surface area (Å²) in [6.07, 6.45) is 1.28. The number of fused-ring (bicyclic) bond motifs is 1. The molecule has 5 nitrogen and oxygen atoms in total. The van der Waals surface area contributed by atoms with E-state index in [0.717, 1.165) is 0 Å². The summed E-state index contributed by atoms with van der Waals surface area (Å²) in [6, 6.07) is 4.59. The number of oxazole rings is 1. The maximum absolute atomic E-state index is 11.7. The third-order valence-electron chi connectivity index (χ3n) is 2.05. The van der Waals surface area contributed by atoms with E-state index in [9.17, 15) is 8.42 Å². The molecule has 0 radical (unpaired) electrons. The van der Waals surface area contributed by atoms with Crippen molar-refractivity contribution >= 4 is 20.9 Å². The minimum Gasteiger partial charge on any atom is -0.443 e. The number of hydrogen-bond acceptors (Lipinski definition) is 5. The third-order valence-corrected chi connectivity index (χ3v) is 3.79. The van der Waals surface area contributed by atoms with Crippen LogP contribution in [0.3, 0.4) is 0 Å². The lowest BCUT2D eigenvalue weighted by molar-refractivity contribution is 0.591. The number of nitrogens with zero attached hydrogens (tertiary/aromatic N) is 1. The van der Waals surface area contributed by atoms with Crippen LogP contribution < -0.4 is 5.73 Å². The standard InChI is InChI=1S/C9H10N2O3S/c10-3-4-15(12,13)7-1-2-8-9(5-7)14-6-11-8/h1-2,5-6H,3-4,10H2. The Morgan fingerprint density at radius 2 is 2.20 bits per heavy atom. The average Bonchev–Trinajstić information content (AvgIpc) is 2.63. The monoisotopic (exact) mass is 226 g/mol. The van der Waals surface area contributed by atoms with E-state index >= 15 is 0 Å². The first-order chi connectivity index (χ1) is 7.13. The predicted molar refractivity (Wildman–Crippen MR) is 55.1 cm³/mol. The Morgan fingerprint density at radius 3 is 2.93 bits per heavy atom. The third kappa shape index (κ3) is 1.86. The lowest BCUT2D eigenvalue weighted by Crippen LogP contribution is -2.15. The van der Waals surface area contributed by atoms with Crippen molar-refractivity contribution in [3.63, 3.8) is 0 Å². The van der Waals surface area contributed by atoms with Crippen LogP contribution >= 0.6 is 0 Å². The zero-order valence-corrected chi connectivity index (χ0v) is 8.70. The molecule has 1 aromatic heterocycles. The van der Waals surface area contributed by atoms with Gasteiger partial charge < -0.3 is 10.2 Å². The Bertz CT molecular complexity index is 574. The molecule has 6 heteroatoms. The van der Waals surface area contributed by atoms with Gasteiger partial charge in [-0.25, -0.2) is 13.4 Å². The van der Waals surface area contributed by atoms with E-state index in [1.807, 2.05) is 0 Å². The van der Waals surface area contributed by atoms with Crippen molar-refractivity contribution < 1.29 is 12.8 Å². The van der Waals surface area contributed by atoms with Crippen LogP contribution in [0.25, 0.3) is 11.1 Å². The smallest absolute Gasteiger partial charge is 0.181 e. The molecule has 80 valence electrons. The predicted octanol–water partition coefficient (Wildman–Crippen LogP) is 0.560. The van der Waals surface area contributed by atoms with Gasteiger partial charge in [0.15, 0.2) is 21.8 Å². The Labute approximate surface area is 86.8 Å². The molecule has 0 unspecified atom stereocenters. The Morgan fingerprint density at radius 1 is 1.40 bits per heavy atom. The lowest BCUT2D eigenvalue weighted by Gasteiger charge is -2.01. The minimum atomic E-state index is -3.29. The highest BCUT2D eigenvalue weighted by atomic mass is 32.2. The van der Waals surface area contributed by atoms with Crippen molar-refractivity contribution in [2.45, 2.75) is 4.90 Å². The topological polar surface area (TPSA) is 86.2 Å². The Hall–Kier alpha value is -1.40. The van der Waals surface area contributed by atoms with Crippen molar-refractivity contribution in [3.8, 4) is 0 Å². The van der Waals surface area contributed by atoms with Crippen molar-refractivity contribution in [1.29, 1.82) is 0 Å². The molecule has 0 bridgehead atoms. The van der Waals surface area contributed by atoms with Gasteiger partial charge in [0.2, 0.25) is 0 Å². The molecule has 0 atom stereocenters. The van der Waals surface area contributed by atoms with Crippen molar-refractivity contribution in [1.82, 2.24) is 4.98 Å². The fraction of sp³-hybridized carbons (Fsp3) is 0.222. The van der Waals surface area contributed by atoms with E-state index in [2.05, 4.69) is 4.98 Å². The van der Waals surface area contributed by atoms with E-state index in [-0.39, 0.29) is 17.2 Å². The number of sulfone groups is 1. The van der Waals surface area contributed by atoms with Crippen molar-refractivity contribution in [2.24, 2.45) is 5.73 Å². The molecule has 0 aliphatic carbocycles. The van der Waals surface area contributed by atoms with Gasteiger partial charge in [-0.15, -0.1) is 0 Å².